The normalized spacial score (nSPS) is 10.3. The molecule has 1 rings (SSSR count). The number of nitrogens with zero attached hydrogens (tertiary/aromatic N) is 1. The third kappa shape index (κ3) is 2.22. The third-order valence-corrected chi connectivity index (χ3v) is 1.66. The molecule has 3 heteroatoms. The zero-order valence-corrected chi connectivity index (χ0v) is 7.54. The highest BCUT2D eigenvalue weighted by Crippen LogP contribution is 2.14. The fourth-order valence-corrected chi connectivity index (χ4v) is 1.14. The van der Waals surface area contributed by atoms with Crippen molar-refractivity contribution in [3.63, 3.8) is 0 Å². The fraction of sp³-hybridized carbons (Fsp3) is 0.333. The minimum Gasteiger partial charge on any atom is -0.324 e. The van der Waals surface area contributed by atoms with Crippen LogP contribution in [0.5, 0.6) is 0 Å². The number of para-hydroxylation sites is 1. The van der Waals surface area contributed by atoms with E-state index < -0.39 is 0 Å². The summed E-state index contributed by atoms with van der Waals surface area (Å²) in [6.07, 6.45) is 0. The van der Waals surface area contributed by atoms with Gasteiger partial charge in [0.2, 0.25) is 0 Å². The first kappa shape index (κ1) is 9.03. The summed E-state index contributed by atoms with van der Waals surface area (Å²) in [6, 6.07) is 8.02. The van der Waals surface area contributed by atoms with Crippen molar-refractivity contribution in [2.75, 3.05) is 19.5 Å². The van der Waals surface area contributed by atoms with Crippen molar-refractivity contribution in [3.8, 4) is 0 Å². The number of hydrogen-bond donors (Lipinski definition) is 2. The van der Waals surface area contributed by atoms with Gasteiger partial charge in [-0.15, -0.1) is 0 Å². The topological polar surface area (TPSA) is 41.3 Å². The largest absolute Gasteiger partial charge is 0.324 e. The van der Waals surface area contributed by atoms with E-state index >= 15 is 0 Å². The Labute approximate surface area is 73.1 Å². The van der Waals surface area contributed by atoms with E-state index in [0.29, 0.717) is 0 Å². The minimum atomic E-state index is 0.903. The summed E-state index contributed by atoms with van der Waals surface area (Å²) in [7, 11) is 4.07. The van der Waals surface area contributed by atoms with Gasteiger partial charge in [0, 0.05) is 6.54 Å². The molecule has 66 valence electrons. The van der Waals surface area contributed by atoms with Gasteiger partial charge in [-0.2, -0.15) is 0 Å². The molecule has 0 fully saturated rings. The van der Waals surface area contributed by atoms with E-state index in [4.69, 9.17) is 5.84 Å². The van der Waals surface area contributed by atoms with Crippen LogP contribution >= 0.6 is 0 Å². The molecule has 0 heterocycles. The van der Waals surface area contributed by atoms with Gasteiger partial charge in [-0.3, -0.25) is 5.84 Å². The summed E-state index contributed by atoms with van der Waals surface area (Å²) in [5.74, 6) is 5.36. The van der Waals surface area contributed by atoms with E-state index in [2.05, 4.69) is 16.4 Å². The molecule has 3 nitrogen and oxygen atoms in total. The van der Waals surface area contributed by atoms with Crippen LogP contribution in [0.3, 0.4) is 0 Å². The lowest BCUT2D eigenvalue weighted by atomic mass is 10.2. The van der Waals surface area contributed by atoms with Gasteiger partial charge in [0.15, 0.2) is 0 Å². The number of nitrogens with one attached hydrogen (secondary N) is 1. The van der Waals surface area contributed by atoms with Crippen LogP contribution in [0.2, 0.25) is 0 Å². The number of nitrogens with two attached hydrogens (primary N) is 1. The van der Waals surface area contributed by atoms with Gasteiger partial charge in [-0.25, -0.2) is 0 Å². The maximum absolute atomic E-state index is 5.36. The van der Waals surface area contributed by atoms with Gasteiger partial charge in [-0.05, 0) is 25.7 Å². The van der Waals surface area contributed by atoms with Crippen molar-refractivity contribution in [2.24, 2.45) is 5.84 Å². The molecule has 0 atom stereocenters. The molecule has 0 aliphatic rings. The first-order valence-corrected chi connectivity index (χ1v) is 3.93. The molecule has 0 aliphatic heterocycles. The van der Waals surface area contributed by atoms with Gasteiger partial charge in [0.25, 0.3) is 0 Å². The average molecular weight is 165 g/mol. The summed E-state index contributed by atoms with van der Waals surface area (Å²) >= 11 is 0. The molecule has 0 aliphatic carbocycles. The number of anilines is 1. The molecule has 0 saturated heterocycles. The van der Waals surface area contributed by atoms with Gasteiger partial charge in [-0.1, -0.05) is 18.2 Å². The Kier molecular flexibility index (Phi) is 3.08. The summed E-state index contributed by atoms with van der Waals surface area (Å²) < 4.78 is 0. The van der Waals surface area contributed by atoms with Crippen LogP contribution in [0.15, 0.2) is 24.3 Å². The Hall–Kier alpha value is -1.06. The zero-order chi connectivity index (χ0) is 8.97. The van der Waals surface area contributed by atoms with Crippen LogP contribution in [0.25, 0.3) is 0 Å². The summed E-state index contributed by atoms with van der Waals surface area (Å²) in [6.45, 7) is 0.903. The molecule has 0 saturated carbocycles. The number of nitrogen functional groups attached to an aromatic ring is 1. The van der Waals surface area contributed by atoms with Crippen molar-refractivity contribution in [1.29, 1.82) is 0 Å². The van der Waals surface area contributed by atoms with Gasteiger partial charge in [0.05, 0.1) is 5.69 Å². The third-order valence-electron chi connectivity index (χ3n) is 1.66. The fourth-order valence-electron chi connectivity index (χ4n) is 1.14. The van der Waals surface area contributed by atoms with Gasteiger partial charge in [0.1, 0.15) is 0 Å². The summed E-state index contributed by atoms with van der Waals surface area (Å²) in [5.41, 5.74) is 4.88. The van der Waals surface area contributed by atoms with Crippen LogP contribution < -0.4 is 11.3 Å². The minimum absolute atomic E-state index is 0.903. The summed E-state index contributed by atoms with van der Waals surface area (Å²) in [5, 5.41) is 0. The Morgan fingerprint density at radius 1 is 1.33 bits per heavy atom. The first-order valence-electron chi connectivity index (χ1n) is 3.93. The molecule has 12 heavy (non-hydrogen) atoms. The van der Waals surface area contributed by atoms with Crippen molar-refractivity contribution >= 4 is 5.69 Å². The molecule has 1 aromatic rings. The van der Waals surface area contributed by atoms with E-state index in [1.54, 1.807) is 0 Å². The van der Waals surface area contributed by atoms with Crippen molar-refractivity contribution < 1.29 is 0 Å². The molecule has 0 unspecified atom stereocenters. The Morgan fingerprint density at radius 3 is 2.58 bits per heavy atom. The van der Waals surface area contributed by atoms with E-state index in [1.165, 1.54) is 5.56 Å². The maximum Gasteiger partial charge on any atom is 0.0530 e. The molecular weight excluding hydrogens is 150 g/mol. The number of hydrazine groups is 1. The lowest BCUT2D eigenvalue weighted by Crippen LogP contribution is -2.15. The highest BCUT2D eigenvalue weighted by molar-refractivity contribution is 5.49. The van der Waals surface area contributed by atoms with Crippen LogP contribution in [-0.4, -0.2) is 19.0 Å². The van der Waals surface area contributed by atoms with Gasteiger partial charge >= 0.3 is 0 Å². The highest BCUT2D eigenvalue weighted by atomic mass is 15.2. The molecule has 0 amide bonds. The maximum atomic E-state index is 5.36. The van der Waals surface area contributed by atoms with Crippen molar-refractivity contribution in [3.05, 3.63) is 29.8 Å². The molecule has 1 aromatic carbocycles. The second kappa shape index (κ2) is 4.09. The molecule has 0 spiro atoms. The van der Waals surface area contributed by atoms with Crippen molar-refractivity contribution in [2.45, 2.75) is 6.54 Å². The lowest BCUT2D eigenvalue weighted by molar-refractivity contribution is 0.403. The lowest BCUT2D eigenvalue weighted by Gasteiger charge is -2.13. The monoisotopic (exact) mass is 165 g/mol. The first-order chi connectivity index (χ1) is 5.74. The molecule has 0 bridgehead atoms. The quantitative estimate of drug-likeness (QED) is 0.519. The van der Waals surface area contributed by atoms with Crippen LogP contribution in [0, 0.1) is 0 Å². The standard InChI is InChI=1S/C9H15N3/c1-12(2)7-8-5-3-4-6-9(8)11-10/h3-6,11H,7,10H2,1-2H3. The average Bonchev–Trinajstić information content (AvgIpc) is 2.04. The smallest absolute Gasteiger partial charge is 0.0530 e. The molecular formula is C9H15N3. The molecule has 3 N–H and O–H groups in total. The Bertz CT molecular complexity index is 245. The van der Waals surface area contributed by atoms with Crippen LogP contribution in [0.1, 0.15) is 5.56 Å². The van der Waals surface area contributed by atoms with Crippen LogP contribution in [0.4, 0.5) is 5.69 Å². The van der Waals surface area contributed by atoms with E-state index in [0.717, 1.165) is 12.2 Å². The number of hydrogen-bond acceptors (Lipinski definition) is 3. The second-order valence-corrected chi connectivity index (χ2v) is 3.04. The SMILES string of the molecule is CN(C)Cc1ccccc1NN. The Balaban J connectivity index is 2.82. The number of rotatable bonds is 3. The zero-order valence-electron chi connectivity index (χ0n) is 7.54. The van der Waals surface area contributed by atoms with E-state index in [1.807, 2.05) is 32.3 Å². The summed E-state index contributed by atoms with van der Waals surface area (Å²) in [4.78, 5) is 2.11. The highest BCUT2D eigenvalue weighted by Gasteiger charge is 1.99. The van der Waals surface area contributed by atoms with Gasteiger partial charge < -0.3 is 10.3 Å². The van der Waals surface area contributed by atoms with Crippen molar-refractivity contribution in [1.82, 2.24) is 4.90 Å². The van der Waals surface area contributed by atoms with E-state index in [9.17, 15) is 0 Å². The predicted octanol–water partition coefficient (Wildman–Crippen LogP) is 1.03. The molecule has 0 aromatic heterocycles. The second-order valence-electron chi connectivity index (χ2n) is 3.04. The Morgan fingerprint density at radius 2 is 2.00 bits per heavy atom. The van der Waals surface area contributed by atoms with Crippen LogP contribution in [-0.2, 0) is 6.54 Å². The van der Waals surface area contributed by atoms with E-state index in [-0.39, 0.29) is 0 Å². The predicted molar refractivity (Wildman–Crippen MR) is 51.6 cm³/mol. The molecule has 0 radical (unpaired) electrons. The number of benzene rings is 1.